The number of non-ortho nitro benzene ring substituents is 1. The molecule has 0 radical (unpaired) electrons. The number of nitrogens with zero attached hydrogens (tertiary/aromatic N) is 2. The molecule has 0 spiro atoms. The van der Waals surface area contributed by atoms with Crippen molar-refractivity contribution in [2.24, 2.45) is 0 Å². The van der Waals surface area contributed by atoms with Gasteiger partial charge in [0.25, 0.3) is 11.6 Å². The molecule has 0 saturated heterocycles. The number of hydrogen-bond acceptors (Lipinski definition) is 7. The van der Waals surface area contributed by atoms with Gasteiger partial charge in [0.15, 0.2) is 5.13 Å². The number of amides is 1. The second kappa shape index (κ2) is 6.34. The second-order valence-corrected chi connectivity index (χ2v) is 7.24. The first-order valence-electron chi connectivity index (χ1n) is 5.76. The number of hydrogen-bond donors (Lipinski definition) is 1. The summed E-state index contributed by atoms with van der Waals surface area (Å²) in [5, 5.41) is 12.0. The quantitative estimate of drug-likeness (QED) is 0.642. The number of aromatic nitrogens is 1. The first-order valence-corrected chi connectivity index (χ1v) is 8.06. The van der Waals surface area contributed by atoms with Crippen molar-refractivity contribution in [3.8, 4) is 0 Å². The number of thiazole rings is 1. The third-order valence-corrected chi connectivity index (χ3v) is 5.68. The topological polar surface area (TPSA) is 119 Å². The molecule has 122 valence electrons. The van der Waals surface area contributed by atoms with Gasteiger partial charge in [-0.05, 0) is 12.1 Å². The maximum absolute atomic E-state index is 12.3. The standard InChI is InChI=1S/C11H7F2N3O5S2/c12-9(13)10(17)15-11-14-5-8(22-11)23(20,21)7-3-1-6(2-4-7)16(18)19/h1-5,9H,(H,14,15,17). The van der Waals surface area contributed by atoms with Crippen molar-refractivity contribution in [1.29, 1.82) is 0 Å². The summed E-state index contributed by atoms with van der Waals surface area (Å²) in [6.45, 7) is 0. The minimum absolute atomic E-state index is 0.224. The van der Waals surface area contributed by atoms with Crippen LogP contribution in [0.2, 0.25) is 0 Å². The van der Waals surface area contributed by atoms with Crippen LogP contribution in [0.4, 0.5) is 19.6 Å². The van der Waals surface area contributed by atoms with Crippen LogP contribution in [0.1, 0.15) is 0 Å². The molecule has 0 fully saturated rings. The Kier molecular flexibility index (Phi) is 4.65. The molecule has 0 unspecified atom stereocenters. The largest absolute Gasteiger partial charge is 0.315 e. The maximum Gasteiger partial charge on any atom is 0.315 e. The van der Waals surface area contributed by atoms with Crippen molar-refractivity contribution >= 4 is 37.9 Å². The zero-order valence-electron chi connectivity index (χ0n) is 11.0. The summed E-state index contributed by atoms with van der Waals surface area (Å²) >= 11 is 0.493. The predicted molar refractivity (Wildman–Crippen MR) is 75.3 cm³/mol. The number of nitro benzene ring substituents is 1. The van der Waals surface area contributed by atoms with E-state index in [0.29, 0.717) is 11.3 Å². The summed E-state index contributed by atoms with van der Waals surface area (Å²) in [6.07, 6.45) is -2.35. The average Bonchev–Trinajstić information content (AvgIpc) is 2.96. The van der Waals surface area contributed by atoms with Crippen molar-refractivity contribution in [2.45, 2.75) is 15.5 Å². The van der Waals surface area contributed by atoms with Gasteiger partial charge in [0.2, 0.25) is 9.84 Å². The summed E-state index contributed by atoms with van der Waals surface area (Å²) in [6, 6.07) is 4.13. The second-order valence-electron chi connectivity index (χ2n) is 4.03. The molecule has 0 saturated carbocycles. The smallest absolute Gasteiger partial charge is 0.297 e. The van der Waals surface area contributed by atoms with E-state index in [9.17, 15) is 32.1 Å². The molecule has 23 heavy (non-hydrogen) atoms. The van der Waals surface area contributed by atoms with Crippen LogP contribution in [0.5, 0.6) is 0 Å². The van der Waals surface area contributed by atoms with Crippen LogP contribution in [-0.2, 0) is 14.6 Å². The lowest BCUT2D eigenvalue weighted by Crippen LogP contribution is -2.19. The fourth-order valence-corrected chi connectivity index (χ4v) is 3.90. The normalized spacial score (nSPS) is 11.4. The SMILES string of the molecule is O=C(Nc1ncc(S(=O)(=O)c2ccc([N+](=O)[O-])cc2)s1)C(F)F. The Morgan fingerprint density at radius 3 is 2.43 bits per heavy atom. The van der Waals surface area contributed by atoms with E-state index < -0.39 is 27.1 Å². The van der Waals surface area contributed by atoms with Crippen LogP contribution in [0.15, 0.2) is 39.6 Å². The lowest BCUT2D eigenvalue weighted by atomic mass is 10.3. The molecule has 0 atom stereocenters. The summed E-state index contributed by atoms with van der Waals surface area (Å²) in [5.74, 6) is -1.60. The first-order chi connectivity index (χ1) is 10.7. The lowest BCUT2D eigenvalue weighted by Gasteiger charge is -2.01. The zero-order chi connectivity index (χ0) is 17.2. The van der Waals surface area contributed by atoms with Gasteiger partial charge in [-0.2, -0.15) is 8.78 Å². The maximum atomic E-state index is 12.3. The van der Waals surface area contributed by atoms with Gasteiger partial charge in [-0.25, -0.2) is 13.4 Å². The van der Waals surface area contributed by atoms with Gasteiger partial charge in [-0.1, -0.05) is 11.3 Å². The Bertz CT molecular complexity index is 849. The van der Waals surface area contributed by atoms with Crippen molar-refractivity contribution < 1.29 is 26.9 Å². The predicted octanol–water partition coefficient (Wildman–Crippen LogP) is 2.09. The van der Waals surface area contributed by atoms with E-state index >= 15 is 0 Å². The number of nitro groups is 1. The molecule has 2 rings (SSSR count). The average molecular weight is 363 g/mol. The number of carbonyl (C=O) groups is 1. The van der Waals surface area contributed by atoms with Gasteiger partial charge >= 0.3 is 6.43 Å². The summed E-state index contributed by atoms with van der Waals surface area (Å²) < 4.78 is 48.5. The van der Waals surface area contributed by atoms with E-state index in [0.717, 1.165) is 30.5 Å². The van der Waals surface area contributed by atoms with Crippen LogP contribution in [0, 0.1) is 10.1 Å². The minimum atomic E-state index is -4.02. The van der Waals surface area contributed by atoms with Crippen LogP contribution >= 0.6 is 11.3 Å². The molecule has 1 amide bonds. The summed E-state index contributed by atoms with van der Waals surface area (Å²) in [5.41, 5.74) is -0.279. The fraction of sp³-hybridized carbons (Fsp3) is 0.0909. The lowest BCUT2D eigenvalue weighted by molar-refractivity contribution is -0.384. The van der Waals surface area contributed by atoms with E-state index in [-0.39, 0.29) is 19.9 Å². The number of alkyl halides is 2. The van der Waals surface area contributed by atoms with E-state index in [1.54, 1.807) is 5.32 Å². The van der Waals surface area contributed by atoms with Gasteiger partial charge in [-0.15, -0.1) is 0 Å². The van der Waals surface area contributed by atoms with Crippen LogP contribution < -0.4 is 5.32 Å². The Morgan fingerprint density at radius 2 is 1.91 bits per heavy atom. The van der Waals surface area contributed by atoms with Gasteiger partial charge in [-0.3, -0.25) is 20.2 Å². The Morgan fingerprint density at radius 1 is 1.30 bits per heavy atom. The molecule has 0 bridgehead atoms. The Labute approximate surface area is 131 Å². The van der Waals surface area contributed by atoms with Gasteiger partial charge in [0.05, 0.1) is 16.0 Å². The Hall–Kier alpha value is -2.47. The fourth-order valence-electron chi connectivity index (χ4n) is 1.46. The molecule has 12 heteroatoms. The number of rotatable bonds is 5. The third-order valence-electron chi connectivity index (χ3n) is 2.54. The first kappa shape index (κ1) is 16.9. The summed E-state index contributed by atoms with van der Waals surface area (Å²) in [7, 11) is -4.02. The molecule has 0 aliphatic heterocycles. The van der Waals surface area contributed by atoms with Crippen LogP contribution in [0.25, 0.3) is 0 Å². The molecule has 1 aromatic heterocycles. The molecule has 0 aliphatic carbocycles. The molecule has 1 aromatic carbocycles. The highest BCUT2D eigenvalue weighted by Gasteiger charge is 2.23. The van der Waals surface area contributed by atoms with E-state index in [1.165, 1.54) is 0 Å². The number of halogens is 2. The molecule has 2 aromatic rings. The highest BCUT2D eigenvalue weighted by Crippen LogP contribution is 2.29. The number of benzene rings is 1. The van der Waals surface area contributed by atoms with Gasteiger partial charge < -0.3 is 0 Å². The monoisotopic (exact) mass is 363 g/mol. The number of sulfone groups is 1. The molecule has 1 heterocycles. The van der Waals surface area contributed by atoms with Crippen LogP contribution in [0.3, 0.4) is 0 Å². The highest BCUT2D eigenvalue weighted by atomic mass is 32.2. The molecule has 0 aliphatic rings. The van der Waals surface area contributed by atoms with E-state index in [2.05, 4.69) is 4.98 Å². The molecule has 1 N–H and O–H groups in total. The van der Waals surface area contributed by atoms with E-state index in [4.69, 9.17) is 0 Å². The van der Waals surface area contributed by atoms with Crippen molar-refractivity contribution in [3.05, 3.63) is 40.6 Å². The van der Waals surface area contributed by atoms with E-state index in [1.807, 2.05) is 0 Å². The number of nitrogens with one attached hydrogen (secondary N) is 1. The van der Waals surface area contributed by atoms with Crippen LogP contribution in [-0.4, -0.2) is 30.7 Å². The van der Waals surface area contributed by atoms with Crippen molar-refractivity contribution in [2.75, 3.05) is 5.32 Å². The number of anilines is 1. The zero-order valence-corrected chi connectivity index (χ0v) is 12.6. The van der Waals surface area contributed by atoms with Gasteiger partial charge in [0.1, 0.15) is 4.21 Å². The number of carbonyl (C=O) groups excluding carboxylic acids is 1. The van der Waals surface area contributed by atoms with Crippen molar-refractivity contribution in [3.63, 3.8) is 0 Å². The highest BCUT2D eigenvalue weighted by molar-refractivity contribution is 7.93. The molecular weight excluding hydrogens is 356 g/mol. The molecular formula is C11H7F2N3O5S2. The third kappa shape index (κ3) is 3.65. The minimum Gasteiger partial charge on any atom is -0.297 e. The van der Waals surface area contributed by atoms with Crippen molar-refractivity contribution in [1.82, 2.24) is 4.98 Å². The molecule has 8 nitrogen and oxygen atoms in total. The Balaban J connectivity index is 2.28. The van der Waals surface area contributed by atoms with Gasteiger partial charge in [0, 0.05) is 12.1 Å². The summed E-state index contributed by atoms with van der Waals surface area (Å²) in [4.78, 5) is 24.0.